The smallest absolute Gasteiger partial charge is 0.271 e. The van der Waals surface area contributed by atoms with Crippen molar-refractivity contribution in [3.8, 4) is 23.3 Å². The van der Waals surface area contributed by atoms with Crippen LogP contribution in [0.5, 0.6) is 17.2 Å². The molecule has 0 unspecified atom stereocenters. The van der Waals surface area contributed by atoms with Crippen LogP contribution in [0.1, 0.15) is 15.9 Å². The van der Waals surface area contributed by atoms with Gasteiger partial charge in [0.05, 0.1) is 13.3 Å². The third-order valence-electron chi connectivity index (χ3n) is 2.97. The fourth-order valence-electron chi connectivity index (χ4n) is 1.87. The van der Waals surface area contributed by atoms with E-state index in [1.807, 2.05) is 6.07 Å². The fraction of sp³-hybridized carbons (Fsp3) is 0.118. The molecule has 0 aliphatic rings. The number of carbonyl (C=O) groups is 1. The molecule has 0 aliphatic heterocycles. The highest BCUT2D eigenvalue weighted by Gasteiger charge is 2.06. The number of ether oxygens (including phenoxy) is 2. The van der Waals surface area contributed by atoms with E-state index in [2.05, 4.69) is 10.5 Å². The zero-order chi connectivity index (χ0) is 17.4. The van der Waals surface area contributed by atoms with E-state index in [0.29, 0.717) is 22.6 Å². The Kier molecular flexibility index (Phi) is 5.75. The van der Waals surface area contributed by atoms with Crippen molar-refractivity contribution in [3.05, 3.63) is 53.6 Å². The first kappa shape index (κ1) is 16.8. The van der Waals surface area contributed by atoms with Gasteiger partial charge in [0.15, 0.2) is 18.1 Å². The van der Waals surface area contributed by atoms with Gasteiger partial charge in [-0.15, -0.1) is 0 Å². The van der Waals surface area contributed by atoms with Gasteiger partial charge in [0.1, 0.15) is 11.8 Å². The third kappa shape index (κ3) is 4.48. The van der Waals surface area contributed by atoms with Crippen molar-refractivity contribution in [2.75, 3.05) is 13.7 Å². The molecule has 0 aliphatic carbocycles. The number of rotatable bonds is 6. The van der Waals surface area contributed by atoms with Crippen LogP contribution in [-0.4, -0.2) is 30.9 Å². The highest BCUT2D eigenvalue weighted by Crippen LogP contribution is 2.27. The van der Waals surface area contributed by atoms with Crippen LogP contribution < -0.4 is 14.9 Å². The van der Waals surface area contributed by atoms with Crippen molar-refractivity contribution in [2.45, 2.75) is 0 Å². The Balaban J connectivity index is 2.04. The summed E-state index contributed by atoms with van der Waals surface area (Å²) < 4.78 is 10.4. The average Bonchev–Trinajstić information content (AvgIpc) is 2.60. The molecule has 0 heterocycles. The number of hydrogen-bond donors (Lipinski definition) is 2. The molecule has 0 saturated carbocycles. The van der Waals surface area contributed by atoms with E-state index in [-0.39, 0.29) is 12.4 Å². The number of hydrazone groups is 1. The molecule has 0 fully saturated rings. The number of benzene rings is 2. The van der Waals surface area contributed by atoms with Gasteiger partial charge in [-0.05, 0) is 42.0 Å². The van der Waals surface area contributed by atoms with Gasteiger partial charge in [0.25, 0.3) is 5.91 Å². The van der Waals surface area contributed by atoms with Crippen LogP contribution in [0.25, 0.3) is 0 Å². The number of hydrogen-bond acceptors (Lipinski definition) is 6. The van der Waals surface area contributed by atoms with E-state index >= 15 is 0 Å². The number of amides is 1. The highest BCUT2D eigenvalue weighted by molar-refractivity contribution is 5.95. The predicted molar refractivity (Wildman–Crippen MR) is 87.3 cm³/mol. The number of nitrogens with zero attached hydrogens (tertiary/aromatic N) is 2. The van der Waals surface area contributed by atoms with E-state index in [4.69, 9.17) is 14.7 Å². The Morgan fingerprint density at radius 1 is 1.33 bits per heavy atom. The minimum atomic E-state index is -0.442. The van der Waals surface area contributed by atoms with Crippen molar-refractivity contribution in [3.63, 3.8) is 0 Å². The van der Waals surface area contributed by atoms with Crippen LogP contribution in [0.2, 0.25) is 0 Å². The molecule has 2 aromatic rings. The Morgan fingerprint density at radius 2 is 2.17 bits per heavy atom. The van der Waals surface area contributed by atoms with E-state index < -0.39 is 5.91 Å². The van der Waals surface area contributed by atoms with Gasteiger partial charge in [0, 0.05) is 5.56 Å². The summed E-state index contributed by atoms with van der Waals surface area (Å²) in [5.74, 6) is 0.459. The van der Waals surface area contributed by atoms with Gasteiger partial charge in [-0.25, -0.2) is 5.43 Å². The molecule has 24 heavy (non-hydrogen) atoms. The number of nitrogens with one attached hydrogen (secondary N) is 1. The summed E-state index contributed by atoms with van der Waals surface area (Å²) >= 11 is 0. The summed E-state index contributed by atoms with van der Waals surface area (Å²) in [6.07, 6.45) is 1.44. The van der Waals surface area contributed by atoms with E-state index in [1.165, 1.54) is 25.5 Å². The lowest BCUT2D eigenvalue weighted by Crippen LogP contribution is -2.17. The second-order valence-electron chi connectivity index (χ2n) is 4.61. The Morgan fingerprint density at radius 3 is 2.88 bits per heavy atom. The number of phenols is 1. The number of nitriles is 1. The topological polar surface area (TPSA) is 104 Å². The molecule has 7 heteroatoms. The monoisotopic (exact) mass is 325 g/mol. The Bertz CT molecular complexity index is 797. The standard InChI is InChI=1S/C17H15N3O4/c1-23-16-9-12(5-6-15(16)24-8-7-18)11-19-20-17(22)13-3-2-4-14(21)10-13/h2-6,9-11,21H,8H2,1H3,(H,20,22)/b19-11+. The lowest BCUT2D eigenvalue weighted by molar-refractivity contribution is 0.0954. The molecule has 1 amide bonds. The van der Waals surface area contributed by atoms with Crippen LogP contribution in [0.3, 0.4) is 0 Å². The molecule has 2 rings (SSSR count). The van der Waals surface area contributed by atoms with Crippen LogP contribution in [0.4, 0.5) is 0 Å². The minimum Gasteiger partial charge on any atom is -0.508 e. The van der Waals surface area contributed by atoms with Crippen molar-refractivity contribution < 1.29 is 19.4 Å². The average molecular weight is 325 g/mol. The van der Waals surface area contributed by atoms with Crippen molar-refractivity contribution in [2.24, 2.45) is 5.10 Å². The Hall–Kier alpha value is -3.53. The SMILES string of the molecule is COc1cc(/C=N/NC(=O)c2cccc(O)c2)ccc1OCC#N. The van der Waals surface area contributed by atoms with Crippen molar-refractivity contribution in [1.82, 2.24) is 5.43 Å². The predicted octanol–water partition coefficient (Wildman–Crippen LogP) is 2.07. The maximum Gasteiger partial charge on any atom is 0.271 e. The molecule has 0 bridgehead atoms. The van der Waals surface area contributed by atoms with E-state index in [1.54, 1.807) is 30.3 Å². The van der Waals surface area contributed by atoms with Crippen LogP contribution >= 0.6 is 0 Å². The minimum absolute atomic E-state index is 0.00400. The summed E-state index contributed by atoms with van der Waals surface area (Å²) in [6.45, 7) is -0.0796. The zero-order valence-electron chi connectivity index (χ0n) is 12.9. The molecular weight excluding hydrogens is 310 g/mol. The maximum absolute atomic E-state index is 11.9. The largest absolute Gasteiger partial charge is 0.508 e. The Labute approximate surface area is 138 Å². The molecule has 122 valence electrons. The van der Waals surface area contributed by atoms with E-state index in [9.17, 15) is 9.90 Å². The van der Waals surface area contributed by atoms with Gasteiger partial charge >= 0.3 is 0 Å². The number of aromatic hydroxyl groups is 1. The first-order valence-corrected chi connectivity index (χ1v) is 6.94. The van der Waals surface area contributed by atoms with Crippen molar-refractivity contribution >= 4 is 12.1 Å². The number of carbonyl (C=O) groups excluding carboxylic acids is 1. The molecule has 7 nitrogen and oxygen atoms in total. The summed E-state index contributed by atoms with van der Waals surface area (Å²) in [6, 6.07) is 12.8. The molecule has 0 radical (unpaired) electrons. The highest BCUT2D eigenvalue weighted by atomic mass is 16.5. The maximum atomic E-state index is 11.9. The van der Waals surface area contributed by atoms with Crippen LogP contribution in [-0.2, 0) is 0 Å². The summed E-state index contributed by atoms with van der Waals surface area (Å²) in [4.78, 5) is 11.9. The first-order valence-electron chi connectivity index (χ1n) is 6.94. The lowest BCUT2D eigenvalue weighted by Gasteiger charge is -2.08. The molecular formula is C17H15N3O4. The van der Waals surface area contributed by atoms with Gasteiger partial charge in [-0.1, -0.05) is 6.07 Å². The van der Waals surface area contributed by atoms with Gasteiger partial charge in [0.2, 0.25) is 0 Å². The second kappa shape index (κ2) is 8.19. The molecule has 0 saturated heterocycles. The molecule has 2 N–H and O–H groups in total. The normalized spacial score (nSPS) is 10.2. The lowest BCUT2D eigenvalue weighted by atomic mass is 10.2. The fourth-order valence-corrected chi connectivity index (χ4v) is 1.87. The molecule has 2 aromatic carbocycles. The summed E-state index contributed by atoms with van der Waals surface area (Å²) in [5.41, 5.74) is 3.34. The van der Waals surface area contributed by atoms with Gasteiger partial charge < -0.3 is 14.6 Å². The summed E-state index contributed by atoms with van der Waals surface area (Å²) in [7, 11) is 1.49. The first-order chi connectivity index (χ1) is 11.6. The van der Waals surface area contributed by atoms with Gasteiger partial charge in [-0.2, -0.15) is 10.4 Å². The quantitative estimate of drug-likeness (QED) is 0.625. The summed E-state index contributed by atoms with van der Waals surface area (Å²) in [5, 5.41) is 21.7. The molecule has 0 aromatic heterocycles. The molecule has 0 spiro atoms. The number of phenolic OH excluding ortho intramolecular Hbond substituents is 1. The zero-order valence-corrected chi connectivity index (χ0v) is 12.9. The second-order valence-corrected chi connectivity index (χ2v) is 4.61. The van der Waals surface area contributed by atoms with E-state index in [0.717, 1.165) is 0 Å². The van der Waals surface area contributed by atoms with Crippen LogP contribution in [0.15, 0.2) is 47.6 Å². The number of methoxy groups -OCH3 is 1. The van der Waals surface area contributed by atoms with Crippen LogP contribution in [0, 0.1) is 11.3 Å². The van der Waals surface area contributed by atoms with Crippen molar-refractivity contribution in [1.29, 1.82) is 5.26 Å². The molecule has 0 atom stereocenters. The third-order valence-corrected chi connectivity index (χ3v) is 2.97. The van der Waals surface area contributed by atoms with Gasteiger partial charge in [-0.3, -0.25) is 4.79 Å².